The minimum atomic E-state index is 0.0128. The zero-order valence-electron chi connectivity index (χ0n) is 7.25. The van der Waals surface area contributed by atoms with Gasteiger partial charge in [-0.15, -0.1) is 0 Å². The summed E-state index contributed by atoms with van der Waals surface area (Å²) < 4.78 is 0. The second-order valence-corrected chi connectivity index (χ2v) is 3.97. The molecule has 2 fully saturated rings. The van der Waals surface area contributed by atoms with Crippen molar-refractivity contribution in [3.8, 4) is 0 Å². The third-order valence-electron chi connectivity index (χ3n) is 2.77. The van der Waals surface area contributed by atoms with E-state index in [4.69, 9.17) is 5.73 Å². The van der Waals surface area contributed by atoms with E-state index in [0.717, 1.165) is 11.8 Å². The first-order chi connectivity index (χ1) is 5.81. The summed E-state index contributed by atoms with van der Waals surface area (Å²) in [6.07, 6.45) is 5.19. The smallest absolute Gasteiger partial charge is 0.233 e. The van der Waals surface area contributed by atoms with Crippen LogP contribution in [0, 0.1) is 11.8 Å². The predicted octanol–water partition coefficient (Wildman–Crippen LogP) is 0.250. The van der Waals surface area contributed by atoms with Crippen molar-refractivity contribution < 1.29 is 4.79 Å². The van der Waals surface area contributed by atoms with Crippen LogP contribution in [0.5, 0.6) is 0 Å². The number of nitrogens with two attached hydrogens (primary N) is 1. The first kappa shape index (κ1) is 8.05. The first-order valence-corrected chi connectivity index (χ1v) is 4.80. The van der Waals surface area contributed by atoms with Crippen LogP contribution >= 0.6 is 0 Å². The maximum Gasteiger partial charge on any atom is 0.233 e. The Morgan fingerprint density at radius 1 is 1.33 bits per heavy atom. The van der Waals surface area contributed by atoms with Crippen LogP contribution in [0.4, 0.5) is 0 Å². The van der Waals surface area contributed by atoms with E-state index in [1.54, 1.807) is 0 Å². The van der Waals surface area contributed by atoms with Gasteiger partial charge in [0.05, 0.1) is 6.54 Å². The molecule has 3 heteroatoms. The summed E-state index contributed by atoms with van der Waals surface area (Å²) in [5.74, 6) is 1.56. The van der Waals surface area contributed by atoms with Crippen molar-refractivity contribution in [2.24, 2.45) is 17.6 Å². The van der Waals surface area contributed by atoms with Crippen molar-refractivity contribution in [2.75, 3.05) is 6.54 Å². The van der Waals surface area contributed by atoms with Crippen molar-refractivity contribution in [3.63, 3.8) is 0 Å². The molecule has 0 unspecified atom stereocenters. The van der Waals surface area contributed by atoms with Gasteiger partial charge in [-0.05, 0) is 37.5 Å². The van der Waals surface area contributed by atoms with Gasteiger partial charge in [0.2, 0.25) is 5.91 Å². The molecule has 0 aromatic rings. The van der Waals surface area contributed by atoms with Crippen LogP contribution in [-0.2, 0) is 4.79 Å². The second-order valence-electron chi connectivity index (χ2n) is 3.97. The van der Waals surface area contributed by atoms with Gasteiger partial charge in [0.15, 0.2) is 0 Å². The average molecular weight is 168 g/mol. The van der Waals surface area contributed by atoms with E-state index in [9.17, 15) is 4.79 Å². The third-order valence-corrected chi connectivity index (χ3v) is 2.77. The minimum Gasteiger partial charge on any atom is -0.352 e. The number of carbonyl (C=O) groups is 1. The molecule has 3 N–H and O–H groups in total. The lowest BCUT2D eigenvalue weighted by molar-refractivity contribution is -0.120. The molecule has 1 amide bonds. The van der Waals surface area contributed by atoms with Crippen molar-refractivity contribution >= 4 is 5.91 Å². The van der Waals surface area contributed by atoms with Gasteiger partial charge in [-0.2, -0.15) is 0 Å². The average Bonchev–Trinajstić information content (AvgIpc) is 2.87. The molecule has 12 heavy (non-hydrogen) atoms. The highest BCUT2D eigenvalue weighted by Crippen LogP contribution is 2.44. The van der Waals surface area contributed by atoms with Gasteiger partial charge < -0.3 is 11.1 Å². The van der Waals surface area contributed by atoms with Gasteiger partial charge >= 0.3 is 0 Å². The molecule has 0 aromatic carbocycles. The molecule has 0 saturated heterocycles. The van der Waals surface area contributed by atoms with Crippen LogP contribution in [0.1, 0.15) is 25.7 Å². The summed E-state index contributed by atoms with van der Waals surface area (Å²) in [7, 11) is 0. The van der Waals surface area contributed by atoms with Gasteiger partial charge in [0, 0.05) is 6.04 Å². The largest absolute Gasteiger partial charge is 0.352 e. The van der Waals surface area contributed by atoms with Crippen LogP contribution in [-0.4, -0.2) is 18.5 Å². The molecule has 2 rings (SSSR count). The lowest BCUT2D eigenvalue weighted by Crippen LogP contribution is -2.41. The van der Waals surface area contributed by atoms with Gasteiger partial charge in [-0.25, -0.2) is 0 Å². The molecule has 2 aliphatic carbocycles. The summed E-state index contributed by atoms with van der Waals surface area (Å²) in [6, 6.07) is 0.459. The Morgan fingerprint density at radius 3 is 2.17 bits per heavy atom. The summed E-state index contributed by atoms with van der Waals surface area (Å²) in [5.41, 5.74) is 5.25. The fourth-order valence-electron chi connectivity index (χ4n) is 1.78. The molecule has 68 valence electrons. The van der Waals surface area contributed by atoms with Crippen LogP contribution in [0.15, 0.2) is 0 Å². The first-order valence-electron chi connectivity index (χ1n) is 4.80. The van der Waals surface area contributed by atoms with E-state index in [-0.39, 0.29) is 12.5 Å². The molecule has 0 heterocycles. The van der Waals surface area contributed by atoms with Gasteiger partial charge in [-0.1, -0.05) is 0 Å². The Bertz CT molecular complexity index is 173. The predicted molar refractivity (Wildman–Crippen MR) is 46.4 cm³/mol. The van der Waals surface area contributed by atoms with Crippen LogP contribution < -0.4 is 11.1 Å². The molecular formula is C9H16N2O. The summed E-state index contributed by atoms with van der Waals surface area (Å²) in [6.45, 7) is 0.135. The molecule has 2 saturated carbocycles. The van der Waals surface area contributed by atoms with Crippen molar-refractivity contribution in [1.29, 1.82) is 0 Å². The maximum absolute atomic E-state index is 11.1. The summed E-state index contributed by atoms with van der Waals surface area (Å²) in [5, 5.41) is 3.03. The van der Waals surface area contributed by atoms with Crippen LogP contribution in [0.2, 0.25) is 0 Å². The Balaban J connectivity index is 1.83. The lowest BCUT2D eigenvalue weighted by atomic mass is 10.1. The van der Waals surface area contributed by atoms with E-state index in [1.165, 1.54) is 25.7 Å². The molecule has 0 aromatic heterocycles. The Morgan fingerprint density at radius 2 is 1.83 bits per heavy atom. The lowest BCUT2D eigenvalue weighted by Gasteiger charge is -2.16. The Hall–Kier alpha value is -0.570. The second kappa shape index (κ2) is 3.05. The topological polar surface area (TPSA) is 55.1 Å². The highest BCUT2D eigenvalue weighted by Gasteiger charge is 2.41. The van der Waals surface area contributed by atoms with Crippen molar-refractivity contribution in [3.05, 3.63) is 0 Å². The van der Waals surface area contributed by atoms with Crippen LogP contribution in [0.25, 0.3) is 0 Å². The number of carbonyl (C=O) groups excluding carboxylic acids is 1. The third kappa shape index (κ3) is 1.78. The van der Waals surface area contributed by atoms with Gasteiger partial charge in [0.1, 0.15) is 0 Å². The van der Waals surface area contributed by atoms with E-state index in [1.807, 2.05) is 0 Å². The summed E-state index contributed by atoms with van der Waals surface area (Å²) in [4.78, 5) is 11.1. The van der Waals surface area contributed by atoms with Gasteiger partial charge in [0.25, 0.3) is 0 Å². The van der Waals surface area contributed by atoms with E-state index in [2.05, 4.69) is 5.32 Å². The highest BCUT2D eigenvalue weighted by molar-refractivity contribution is 5.78. The number of nitrogens with one attached hydrogen (secondary N) is 1. The SMILES string of the molecule is NCC(=O)NC(C1CC1)C1CC1. The van der Waals surface area contributed by atoms with E-state index >= 15 is 0 Å². The monoisotopic (exact) mass is 168 g/mol. The number of rotatable bonds is 4. The molecule has 3 nitrogen and oxygen atoms in total. The maximum atomic E-state index is 11.1. The fourth-order valence-corrected chi connectivity index (χ4v) is 1.78. The highest BCUT2D eigenvalue weighted by atomic mass is 16.1. The molecule has 0 atom stereocenters. The molecular weight excluding hydrogens is 152 g/mol. The molecule has 0 aliphatic heterocycles. The molecule has 0 bridgehead atoms. The summed E-state index contributed by atoms with van der Waals surface area (Å²) >= 11 is 0. The normalized spacial score (nSPS) is 22.8. The Kier molecular flexibility index (Phi) is 2.05. The number of hydrogen-bond donors (Lipinski definition) is 2. The van der Waals surface area contributed by atoms with Crippen molar-refractivity contribution in [1.82, 2.24) is 5.32 Å². The Labute approximate surface area is 72.7 Å². The zero-order chi connectivity index (χ0) is 8.55. The zero-order valence-corrected chi connectivity index (χ0v) is 7.25. The van der Waals surface area contributed by atoms with Crippen molar-refractivity contribution in [2.45, 2.75) is 31.7 Å². The van der Waals surface area contributed by atoms with Crippen LogP contribution in [0.3, 0.4) is 0 Å². The van der Waals surface area contributed by atoms with E-state index < -0.39 is 0 Å². The number of hydrogen-bond acceptors (Lipinski definition) is 2. The minimum absolute atomic E-state index is 0.0128. The standard InChI is InChI=1S/C9H16N2O/c10-5-8(12)11-9(6-1-2-6)7-3-4-7/h6-7,9H,1-5,10H2,(H,11,12). The molecule has 0 radical (unpaired) electrons. The van der Waals surface area contributed by atoms with Gasteiger partial charge in [-0.3, -0.25) is 4.79 Å². The quantitative estimate of drug-likeness (QED) is 0.632. The fraction of sp³-hybridized carbons (Fsp3) is 0.889. The molecule has 2 aliphatic rings. The number of amides is 1. The van der Waals surface area contributed by atoms with E-state index in [0.29, 0.717) is 6.04 Å². The molecule has 0 spiro atoms.